The number of piperidine rings is 1. The Labute approximate surface area is 117 Å². The fourth-order valence-electron chi connectivity index (χ4n) is 3.29. The van der Waals surface area contributed by atoms with E-state index in [2.05, 4.69) is 38.2 Å². The van der Waals surface area contributed by atoms with Crippen molar-refractivity contribution in [2.75, 3.05) is 13.1 Å². The Morgan fingerprint density at radius 1 is 1.33 bits per heavy atom. The molecule has 1 N–H and O–H groups in total. The Kier molecular flexibility index (Phi) is 3.47. The van der Waals surface area contributed by atoms with Crippen LogP contribution in [0.4, 0.5) is 0 Å². The molecule has 3 rings (SSSR count). The predicted molar refractivity (Wildman–Crippen MR) is 75.5 cm³/mol. The van der Waals surface area contributed by atoms with Crippen molar-refractivity contribution in [2.45, 2.75) is 44.8 Å². The van der Waals surface area contributed by atoms with Crippen LogP contribution in [-0.4, -0.2) is 39.9 Å². The van der Waals surface area contributed by atoms with E-state index in [1.807, 2.05) is 11.7 Å². The summed E-state index contributed by atoms with van der Waals surface area (Å²) >= 11 is 3.66. The summed E-state index contributed by atoms with van der Waals surface area (Å²) in [6.07, 6.45) is 4.06. The predicted octanol–water partition coefficient (Wildman–Crippen LogP) is 1.82. The molecule has 2 aliphatic heterocycles. The fourth-order valence-corrected chi connectivity index (χ4v) is 3.75. The average molecular weight is 313 g/mol. The molecule has 18 heavy (non-hydrogen) atoms. The van der Waals surface area contributed by atoms with E-state index < -0.39 is 0 Å². The van der Waals surface area contributed by atoms with Gasteiger partial charge in [-0.05, 0) is 35.7 Å². The van der Waals surface area contributed by atoms with Crippen LogP contribution < -0.4 is 5.32 Å². The van der Waals surface area contributed by atoms with Crippen molar-refractivity contribution in [3.8, 4) is 0 Å². The zero-order valence-corrected chi connectivity index (χ0v) is 12.7. The molecule has 1 aromatic rings. The maximum atomic E-state index is 4.48. The number of piperazine rings is 1. The van der Waals surface area contributed by atoms with Gasteiger partial charge in [0.1, 0.15) is 0 Å². The number of aromatic nitrogens is 2. The minimum absolute atomic E-state index is 0.700. The first-order valence-corrected chi connectivity index (χ1v) is 7.59. The third-order valence-electron chi connectivity index (χ3n) is 4.17. The molecule has 0 spiro atoms. The maximum absolute atomic E-state index is 4.48. The molecule has 2 fully saturated rings. The second kappa shape index (κ2) is 4.94. The highest BCUT2D eigenvalue weighted by Crippen LogP contribution is 2.25. The molecule has 2 bridgehead atoms. The van der Waals surface area contributed by atoms with Crippen LogP contribution in [0.15, 0.2) is 4.47 Å². The molecule has 0 aromatic carbocycles. The van der Waals surface area contributed by atoms with Gasteiger partial charge in [-0.3, -0.25) is 9.58 Å². The van der Waals surface area contributed by atoms with Crippen LogP contribution in [0.5, 0.6) is 0 Å². The van der Waals surface area contributed by atoms with Gasteiger partial charge in [-0.2, -0.15) is 5.10 Å². The van der Waals surface area contributed by atoms with Crippen molar-refractivity contribution >= 4 is 15.9 Å². The first-order valence-electron chi connectivity index (χ1n) is 6.80. The normalized spacial score (nSPS) is 28.6. The van der Waals surface area contributed by atoms with Crippen LogP contribution in [0.1, 0.15) is 30.7 Å². The molecule has 5 heteroatoms. The number of likely N-dealkylation sites (tertiary alicyclic amines) is 1. The monoisotopic (exact) mass is 312 g/mol. The first-order chi connectivity index (χ1) is 8.63. The van der Waals surface area contributed by atoms with Gasteiger partial charge in [-0.25, -0.2) is 0 Å². The van der Waals surface area contributed by atoms with Crippen molar-refractivity contribution in [2.24, 2.45) is 7.05 Å². The van der Waals surface area contributed by atoms with Gasteiger partial charge in [0.25, 0.3) is 0 Å². The van der Waals surface area contributed by atoms with Crippen molar-refractivity contribution in [1.29, 1.82) is 0 Å². The summed E-state index contributed by atoms with van der Waals surface area (Å²) in [5, 5.41) is 8.20. The Bertz CT molecular complexity index is 430. The van der Waals surface area contributed by atoms with Crippen LogP contribution in [0.3, 0.4) is 0 Å². The lowest BCUT2D eigenvalue weighted by Gasteiger charge is -2.42. The standard InChI is InChI=1S/C13H21BrN4/c1-9-13(14)12(17(2)16-9)8-18-6-10-4-3-5-11(7-18)15-10/h10-11,15H,3-8H2,1-2H3. The highest BCUT2D eigenvalue weighted by Gasteiger charge is 2.30. The molecule has 0 amide bonds. The number of rotatable bonds is 2. The van der Waals surface area contributed by atoms with Gasteiger partial charge < -0.3 is 5.32 Å². The number of nitrogens with zero attached hydrogens (tertiary/aromatic N) is 3. The third-order valence-corrected chi connectivity index (χ3v) is 5.20. The van der Waals surface area contributed by atoms with E-state index >= 15 is 0 Å². The largest absolute Gasteiger partial charge is 0.309 e. The minimum atomic E-state index is 0.700. The molecule has 2 atom stereocenters. The molecule has 0 aliphatic carbocycles. The number of nitrogens with one attached hydrogen (secondary N) is 1. The quantitative estimate of drug-likeness (QED) is 0.904. The van der Waals surface area contributed by atoms with Crippen LogP contribution in [0.25, 0.3) is 0 Å². The van der Waals surface area contributed by atoms with E-state index in [4.69, 9.17) is 0 Å². The molecule has 0 saturated carbocycles. The molecule has 3 heterocycles. The van der Waals surface area contributed by atoms with E-state index in [0.29, 0.717) is 12.1 Å². The van der Waals surface area contributed by atoms with E-state index in [9.17, 15) is 0 Å². The van der Waals surface area contributed by atoms with Gasteiger partial charge in [0.2, 0.25) is 0 Å². The SMILES string of the molecule is Cc1nn(C)c(CN2CC3CCCC(C2)N3)c1Br. The lowest BCUT2D eigenvalue weighted by Crippen LogP contribution is -2.58. The fraction of sp³-hybridized carbons (Fsp3) is 0.769. The maximum Gasteiger partial charge on any atom is 0.0739 e. The van der Waals surface area contributed by atoms with Gasteiger partial charge in [0.05, 0.1) is 15.9 Å². The zero-order valence-electron chi connectivity index (χ0n) is 11.1. The van der Waals surface area contributed by atoms with Crippen LogP contribution >= 0.6 is 15.9 Å². The summed E-state index contributed by atoms with van der Waals surface area (Å²) < 4.78 is 3.19. The summed E-state index contributed by atoms with van der Waals surface area (Å²) in [4.78, 5) is 2.58. The lowest BCUT2D eigenvalue weighted by atomic mass is 9.94. The summed E-state index contributed by atoms with van der Waals surface area (Å²) in [6, 6.07) is 1.40. The zero-order chi connectivity index (χ0) is 12.7. The molecule has 4 nitrogen and oxygen atoms in total. The summed E-state index contributed by atoms with van der Waals surface area (Å²) in [6.45, 7) is 5.41. The highest BCUT2D eigenvalue weighted by atomic mass is 79.9. The van der Waals surface area contributed by atoms with E-state index in [1.54, 1.807) is 0 Å². The smallest absolute Gasteiger partial charge is 0.0739 e. The average Bonchev–Trinajstić information content (AvgIpc) is 2.56. The number of halogens is 1. The lowest BCUT2D eigenvalue weighted by molar-refractivity contribution is 0.117. The first kappa shape index (κ1) is 12.6. The van der Waals surface area contributed by atoms with Gasteiger partial charge in [0, 0.05) is 38.8 Å². The van der Waals surface area contributed by atoms with Crippen molar-refractivity contribution in [3.63, 3.8) is 0 Å². The van der Waals surface area contributed by atoms with Gasteiger partial charge in [-0.1, -0.05) is 6.42 Å². The summed E-state index contributed by atoms with van der Waals surface area (Å²) in [7, 11) is 2.04. The molecular weight excluding hydrogens is 292 g/mol. The molecule has 1 aromatic heterocycles. The Hall–Kier alpha value is -0.390. The van der Waals surface area contributed by atoms with E-state index in [1.165, 1.54) is 42.5 Å². The Morgan fingerprint density at radius 2 is 2.00 bits per heavy atom. The highest BCUT2D eigenvalue weighted by molar-refractivity contribution is 9.10. The van der Waals surface area contributed by atoms with E-state index in [-0.39, 0.29) is 0 Å². The number of fused-ring (bicyclic) bond motifs is 2. The number of aryl methyl sites for hydroxylation is 2. The third kappa shape index (κ3) is 2.36. The number of hydrogen-bond donors (Lipinski definition) is 1. The van der Waals surface area contributed by atoms with E-state index in [0.717, 1.165) is 12.2 Å². The van der Waals surface area contributed by atoms with Crippen LogP contribution in [-0.2, 0) is 13.6 Å². The van der Waals surface area contributed by atoms with Crippen molar-refractivity contribution in [1.82, 2.24) is 20.0 Å². The topological polar surface area (TPSA) is 33.1 Å². The molecule has 2 unspecified atom stereocenters. The molecule has 100 valence electrons. The Balaban J connectivity index is 1.72. The molecular formula is C13H21BrN4. The van der Waals surface area contributed by atoms with Gasteiger partial charge in [0.15, 0.2) is 0 Å². The number of hydrogen-bond acceptors (Lipinski definition) is 3. The Morgan fingerprint density at radius 3 is 2.56 bits per heavy atom. The van der Waals surface area contributed by atoms with Crippen molar-refractivity contribution < 1.29 is 0 Å². The second-order valence-electron chi connectivity index (χ2n) is 5.66. The molecule has 0 radical (unpaired) electrons. The van der Waals surface area contributed by atoms with Gasteiger partial charge in [-0.15, -0.1) is 0 Å². The van der Waals surface area contributed by atoms with Crippen LogP contribution in [0, 0.1) is 6.92 Å². The minimum Gasteiger partial charge on any atom is -0.309 e. The van der Waals surface area contributed by atoms with Crippen molar-refractivity contribution in [3.05, 3.63) is 15.9 Å². The summed E-state index contributed by atoms with van der Waals surface area (Å²) in [5.41, 5.74) is 2.38. The molecule has 2 aliphatic rings. The van der Waals surface area contributed by atoms with Gasteiger partial charge >= 0.3 is 0 Å². The second-order valence-corrected chi connectivity index (χ2v) is 6.45. The summed E-state index contributed by atoms with van der Waals surface area (Å²) in [5.74, 6) is 0. The molecule has 2 saturated heterocycles. The van der Waals surface area contributed by atoms with Crippen LogP contribution in [0.2, 0.25) is 0 Å².